The zero-order valence-corrected chi connectivity index (χ0v) is 15.4. The fourth-order valence-corrected chi connectivity index (χ4v) is 3.58. The number of aromatic hydroxyl groups is 1. The van der Waals surface area contributed by atoms with Crippen LogP contribution in [0.3, 0.4) is 0 Å². The molecule has 3 aromatic rings. The minimum atomic E-state index is -0.233. The number of carbonyl (C=O) groups is 1. The molecular formula is C22H23N3O2. The van der Waals surface area contributed by atoms with Crippen molar-refractivity contribution in [1.82, 2.24) is 14.7 Å². The van der Waals surface area contributed by atoms with Gasteiger partial charge >= 0.3 is 0 Å². The maximum absolute atomic E-state index is 12.9. The fraction of sp³-hybridized carbons (Fsp3) is 0.273. The van der Waals surface area contributed by atoms with Crippen molar-refractivity contribution in [2.24, 2.45) is 0 Å². The quantitative estimate of drug-likeness (QED) is 0.775. The first-order chi connectivity index (χ1) is 13.1. The summed E-state index contributed by atoms with van der Waals surface area (Å²) in [4.78, 5) is 14.8. The Kier molecular flexibility index (Phi) is 4.67. The first kappa shape index (κ1) is 17.3. The number of benzene rings is 2. The SMILES string of the molecule is CC(C(=O)N1CCn2nc(Cc3ccccc3)cc2C1)c1ccc(O)cc1. The lowest BCUT2D eigenvalue weighted by molar-refractivity contribution is -0.134. The molecule has 5 heteroatoms. The lowest BCUT2D eigenvalue weighted by atomic mass is 9.99. The second-order valence-corrected chi connectivity index (χ2v) is 7.09. The molecule has 1 aromatic heterocycles. The highest BCUT2D eigenvalue weighted by Crippen LogP contribution is 2.23. The van der Waals surface area contributed by atoms with Crippen LogP contribution in [-0.4, -0.2) is 32.2 Å². The predicted molar refractivity (Wildman–Crippen MR) is 103 cm³/mol. The summed E-state index contributed by atoms with van der Waals surface area (Å²) in [6.45, 7) is 3.89. The number of carbonyl (C=O) groups excluding carboxylic acids is 1. The topological polar surface area (TPSA) is 58.4 Å². The summed E-state index contributed by atoms with van der Waals surface area (Å²) in [5.41, 5.74) is 4.28. The van der Waals surface area contributed by atoms with Crippen molar-refractivity contribution in [3.05, 3.63) is 83.2 Å². The highest BCUT2D eigenvalue weighted by molar-refractivity contribution is 5.83. The van der Waals surface area contributed by atoms with Gasteiger partial charge < -0.3 is 10.0 Å². The fourth-order valence-electron chi connectivity index (χ4n) is 3.58. The van der Waals surface area contributed by atoms with Gasteiger partial charge in [-0.25, -0.2) is 0 Å². The molecule has 1 aliphatic heterocycles. The van der Waals surface area contributed by atoms with Crippen molar-refractivity contribution in [1.29, 1.82) is 0 Å². The van der Waals surface area contributed by atoms with Crippen LogP contribution in [0, 0.1) is 0 Å². The average molecular weight is 361 g/mol. The van der Waals surface area contributed by atoms with Gasteiger partial charge in [0.05, 0.1) is 30.4 Å². The van der Waals surface area contributed by atoms with E-state index in [1.54, 1.807) is 12.1 Å². The van der Waals surface area contributed by atoms with Crippen molar-refractivity contribution < 1.29 is 9.90 Å². The summed E-state index contributed by atoms with van der Waals surface area (Å²) < 4.78 is 2.02. The first-order valence-electron chi connectivity index (χ1n) is 9.27. The Balaban J connectivity index is 1.46. The molecule has 1 unspecified atom stereocenters. The molecule has 0 saturated carbocycles. The third-order valence-electron chi connectivity index (χ3n) is 5.15. The van der Waals surface area contributed by atoms with Gasteiger partial charge in [-0.05, 0) is 36.2 Å². The van der Waals surface area contributed by atoms with Crippen LogP contribution in [0.25, 0.3) is 0 Å². The minimum Gasteiger partial charge on any atom is -0.508 e. The number of fused-ring (bicyclic) bond motifs is 1. The number of phenolic OH excluding ortho intramolecular Hbond substituents is 1. The Morgan fingerprint density at radius 2 is 1.85 bits per heavy atom. The zero-order chi connectivity index (χ0) is 18.8. The van der Waals surface area contributed by atoms with E-state index in [-0.39, 0.29) is 17.6 Å². The van der Waals surface area contributed by atoms with E-state index >= 15 is 0 Å². The molecule has 0 aliphatic carbocycles. The maximum Gasteiger partial charge on any atom is 0.230 e. The molecule has 0 radical (unpaired) electrons. The average Bonchev–Trinajstić information content (AvgIpc) is 3.09. The largest absolute Gasteiger partial charge is 0.508 e. The van der Waals surface area contributed by atoms with Gasteiger partial charge in [-0.2, -0.15) is 5.10 Å². The van der Waals surface area contributed by atoms with Gasteiger partial charge in [0, 0.05) is 13.0 Å². The van der Waals surface area contributed by atoms with Gasteiger partial charge in [0.1, 0.15) is 5.75 Å². The molecule has 1 N–H and O–H groups in total. The molecule has 0 spiro atoms. The number of phenols is 1. The normalized spacial score (nSPS) is 14.6. The van der Waals surface area contributed by atoms with E-state index < -0.39 is 0 Å². The van der Waals surface area contributed by atoms with Crippen LogP contribution in [0.5, 0.6) is 5.75 Å². The molecule has 2 heterocycles. The van der Waals surface area contributed by atoms with Crippen LogP contribution in [0.2, 0.25) is 0 Å². The van der Waals surface area contributed by atoms with E-state index in [4.69, 9.17) is 5.10 Å². The molecule has 1 amide bonds. The van der Waals surface area contributed by atoms with E-state index in [1.165, 1.54) is 5.56 Å². The molecular weight excluding hydrogens is 338 g/mol. The predicted octanol–water partition coefficient (Wildman–Crippen LogP) is 3.33. The Bertz CT molecular complexity index is 932. The molecule has 27 heavy (non-hydrogen) atoms. The van der Waals surface area contributed by atoms with Crippen molar-refractivity contribution >= 4 is 5.91 Å². The van der Waals surface area contributed by atoms with Gasteiger partial charge in [-0.3, -0.25) is 9.48 Å². The van der Waals surface area contributed by atoms with Crippen LogP contribution in [0.1, 0.15) is 35.4 Å². The summed E-state index contributed by atoms with van der Waals surface area (Å²) in [6.07, 6.45) is 0.804. The molecule has 5 nitrogen and oxygen atoms in total. The summed E-state index contributed by atoms with van der Waals surface area (Å²) in [5, 5.41) is 14.1. The monoisotopic (exact) mass is 361 g/mol. The van der Waals surface area contributed by atoms with Crippen molar-refractivity contribution in [2.75, 3.05) is 6.54 Å². The van der Waals surface area contributed by atoms with Gasteiger partial charge in [0.2, 0.25) is 5.91 Å². The summed E-state index contributed by atoms with van der Waals surface area (Å²) in [7, 11) is 0. The summed E-state index contributed by atoms with van der Waals surface area (Å²) in [6, 6.07) is 19.3. The maximum atomic E-state index is 12.9. The number of hydrogen-bond donors (Lipinski definition) is 1. The Morgan fingerprint density at radius 3 is 2.59 bits per heavy atom. The van der Waals surface area contributed by atoms with E-state index in [9.17, 15) is 9.90 Å². The summed E-state index contributed by atoms with van der Waals surface area (Å²) in [5.74, 6) is 0.0906. The van der Waals surface area contributed by atoms with Crippen LogP contribution in [0.4, 0.5) is 0 Å². The Hall–Kier alpha value is -3.08. The Labute approximate surface area is 158 Å². The smallest absolute Gasteiger partial charge is 0.230 e. The van der Waals surface area contributed by atoms with Crippen LogP contribution in [0.15, 0.2) is 60.7 Å². The van der Waals surface area contributed by atoms with Gasteiger partial charge in [-0.1, -0.05) is 42.5 Å². The third-order valence-corrected chi connectivity index (χ3v) is 5.15. The van der Waals surface area contributed by atoms with Crippen molar-refractivity contribution in [3.8, 4) is 5.75 Å². The number of hydrogen-bond acceptors (Lipinski definition) is 3. The lowest BCUT2D eigenvalue weighted by Gasteiger charge is -2.30. The second-order valence-electron chi connectivity index (χ2n) is 7.09. The van der Waals surface area contributed by atoms with Crippen LogP contribution < -0.4 is 0 Å². The van der Waals surface area contributed by atoms with E-state index in [2.05, 4.69) is 18.2 Å². The van der Waals surface area contributed by atoms with Crippen molar-refractivity contribution in [3.63, 3.8) is 0 Å². The number of nitrogens with zero attached hydrogens (tertiary/aromatic N) is 3. The van der Waals surface area contributed by atoms with E-state index in [0.717, 1.165) is 29.9 Å². The zero-order valence-electron chi connectivity index (χ0n) is 15.4. The molecule has 0 bridgehead atoms. The minimum absolute atomic E-state index is 0.109. The molecule has 4 rings (SSSR count). The molecule has 1 aliphatic rings. The number of amides is 1. The number of aromatic nitrogens is 2. The molecule has 138 valence electrons. The van der Waals surface area contributed by atoms with Crippen molar-refractivity contribution in [2.45, 2.75) is 32.4 Å². The Morgan fingerprint density at radius 1 is 1.11 bits per heavy atom. The van der Waals surface area contributed by atoms with E-state index in [1.807, 2.05) is 46.8 Å². The van der Waals surface area contributed by atoms with Crippen LogP contribution in [-0.2, 0) is 24.3 Å². The summed E-state index contributed by atoms with van der Waals surface area (Å²) >= 11 is 0. The van der Waals surface area contributed by atoms with Gasteiger partial charge in [-0.15, -0.1) is 0 Å². The molecule has 1 atom stereocenters. The standard InChI is InChI=1S/C22H23N3O2/c1-16(18-7-9-21(26)10-8-18)22(27)24-11-12-25-20(15-24)14-19(23-25)13-17-5-3-2-4-6-17/h2-10,14,16,26H,11-13,15H2,1H3. The first-order valence-corrected chi connectivity index (χ1v) is 9.27. The van der Waals surface area contributed by atoms with E-state index in [0.29, 0.717) is 13.1 Å². The molecule has 2 aromatic carbocycles. The van der Waals surface area contributed by atoms with Crippen LogP contribution >= 0.6 is 0 Å². The highest BCUT2D eigenvalue weighted by atomic mass is 16.3. The van der Waals surface area contributed by atoms with Gasteiger partial charge in [0.25, 0.3) is 0 Å². The number of rotatable bonds is 4. The highest BCUT2D eigenvalue weighted by Gasteiger charge is 2.26. The second kappa shape index (κ2) is 7.27. The lowest BCUT2D eigenvalue weighted by Crippen LogP contribution is -2.40. The third kappa shape index (κ3) is 3.72. The van der Waals surface area contributed by atoms with Gasteiger partial charge in [0.15, 0.2) is 0 Å². The molecule has 0 fully saturated rings. The molecule has 0 saturated heterocycles.